The topological polar surface area (TPSA) is 71.8 Å². The van der Waals surface area contributed by atoms with E-state index in [1.54, 1.807) is 10.9 Å². The first kappa shape index (κ1) is 17.4. The zero-order valence-electron chi connectivity index (χ0n) is 13.4. The highest BCUT2D eigenvalue weighted by Crippen LogP contribution is 2.16. The maximum atomic E-state index is 12.2. The summed E-state index contributed by atoms with van der Waals surface area (Å²) in [5.74, 6) is 0.935. The standard InChI is InChI=1S/C16H21N5O.ClH/c1-11-9-12(2)21(20-11)15-4-3-14(10-18-15)19-16(22)13-5-7-17-8-6-13;/h3-4,9-10,13,17H,5-8H2,1-2H3,(H,19,22);1H. The molecule has 1 aliphatic heterocycles. The minimum Gasteiger partial charge on any atom is -0.324 e. The average Bonchev–Trinajstić information content (AvgIpc) is 2.87. The van der Waals surface area contributed by atoms with Gasteiger partial charge in [-0.25, -0.2) is 9.67 Å². The lowest BCUT2D eigenvalue weighted by molar-refractivity contribution is -0.120. The van der Waals surface area contributed by atoms with Crippen LogP contribution >= 0.6 is 12.4 Å². The summed E-state index contributed by atoms with van der Waals surface area (Å²) in [7, 11) is 0. The van der Waals surface area contributed by atoms with E-state index < -0.39 is 0 Å². The van der Waals surface area contributed by atoms with Gasteiger partial charge in [0, 0.05) is 11.6 Å². The third-order valence-electron chi connectivity index (χ3n) is 3.95. The van der Waals surface area contributed by atoms with Crippen molar-refractivity contribution in [1.82, 2.24) is 20.1 Å². The SMILES string of the molecule is Cc1cc(C)n(-c2ccc(NC(=O)C3CCNCC3)cn2)n1.Cl. The van der Waals surface area contributed by atoms with Crippen LogP contribution in [-0.4, -0.2) is 33.8 Å². The summed E-state index contributed by atoms with van der Waals surface area (Å²) in [4.78, 5) is 16.6. The number of aryl methyl sites for hydroxylation is 2. The van der Waals surface area contributed by atoms with Gasteiger partial charge in [0.1, 0.15) is 0 Å². The van der Waals surface area contributed by atoms with E-state index >= 15 is 0 Å². The van der Waals surface area contributed by atoms with E-state index in [1.807, 2.05) is 32.0 Å². The molecule has 3 rings (SSSR count). The van der Waals surface area contributed by atoms with Gasteiger partial charge in [-0.15, -0.1) is 12.4 Å². The second-order valence-electron chi connectivity index (χ2n) is 5.76. The molecule has 2 aromatic rings. The fourth-order valence-corrected chi connectivity index (χ4v) is 2.77. The molecule has 2 aromatic heterocycles. The van der Waals surface area contributed by atoms with Gasteiger partial charge in [-0.3, -0.25) is 4.79 Å². The van der Waals surface area contributed by atoms with Gasteiger partial charge in [0.2, 0.25) is 5.91 Å². The number of hydrogen-bond donors (Lipinski definition) is 2. The molecule has 0 saturated carbocycles. The Bertz CT molecular complexity index is 662. The van der Waals surface area contributed by atoms with Crippen LogP contribution in [0.4, 0.5) is 5.69 Å². The smallest absolute Gasteiger partial charge is 0.227 e. The molecular weight excluding hydrogens is 314 g/mol. The first-order chi connectivity index (χ1) is 10.6. The van der Waals surface area contributed by atoms with Gasteiger partial charge in [-0.05, 0) is 58.0 Å². The first-order valence-electron chi connectivity index (χ1n) is 7.65. The van der Waals surface area contributed by atoms with Crippen LogP contribution in [0.1, 0.15) is 24.2 Å². The monoisotopic (exact) mass is 335 g/mol. The van der Waals surface area contributed by atoms with Gasteiger partial charge >= 0.3 is 0 Å². The molecule has 23 heavy (non-hydrogen) atoms. The minimum atomic E-state index is 0. The Morgan fingerprint density at radius 1 is 1.30 bits per heavy atom. The predicted molar refractivity (Wildman–Crippen MR) is 92.3 cm³/mol. The van der Waals surface area contributed by atoms with Gasteiger partial charge in [0.15, 0.2) is 5.82 Å². The fraction of sp³-hybridized carbons (Fsp3) is 0.438. The third-order valence-corrected chi connectivity index (χ3v) is 3.95. The second-order valence-corrected chi connectivity index (χ2v) is 5.76. The molecule has 7 heteroatoms. The number of anilines is 1. The van der Waals surface area contributed by atoms with Crippen LogP contribution in [0.15, 0.2) is 24.4 Å². The van der Waals surface area contributed by atoms with E-state index in [9.17, 15) is 4.79 Å². The molecule has 0 unspecified atom stereocenters. The van der Waals surface area contributed by atoms with Crippen LogP contribution in [0.25, 0.3) is 5.82 Å². The molecule has 1 amide bonds. The van der Waals surface area contributed by atoms with Crippen molar-refractivity contribution in [2.75, 3.05) is 18.4 Å². The molecule has 6 nitrogen and oxygen atoms in total. The van der Waals surface area contributed by atoms with E-state index in [0.29, 0.717) is 0 Å². The van der Waals surface area contributed by atoms with Gasteiger partial charge in [0.25, 0.3) is 0 Å². The van der Waals surface area contributed by atoms with Crippen molar-refractivity contribution in [3.63, 3.8) is 0 Å². The average molecular weight is 336 g/mol. The molecule has 0 atom stereocenters. The zero-order valence-corrected chi connectivity index (χ0v) is 14.2. The lowest BCUT2D eigenvalue weighted by atomic mass is 9.97. The molecule has 3 heterocycles. The molecule has 0 aromatic carbocycles. The van der Waals surface area contributed by atoms with Gasteiger partial charge in [0.05, 0.1) is 17.6 Å². The van der Waals surface area contributed by atoms with E-state index in [0.717, 1.165) is 48.8 Å². The van der Waals surface area contributed by atoms with Crippen LogP contribution in [0.5, 0.6) is 0 Å². The van der Waals surface area contributed by atoms with E-state index in [-0.39, 0.29) is 24.2 Å². The van der Waals surface area contributed by atoms with E-state index in [4.69, 9.17) is 0 Å². The van der Waals surface area contributed by atoms with Crippen molar-refractivity contribution in [2.24, 2.45) is 5.92 Å². The maximum Gasteiger partial charge on any atom is 0.227 e. The summed E-state index contributed by atoms with van der Waals surface area (Å²) in [6, 6.07) is 5.75. The van der Waals surface area contributed by atoms with E-state index in [1.165, 1.54) is 0 Å². The highest BCUT2D eigenvalue weighted by Gasteiger charge is 2.20. The number of carbonyl (C=O) groups excluding carboxylic acids is 1. The van der Waals surface area contributed by atoms with Crippen molar-refractivity contribution < 1.29 is 4.79 Å². The van der Waals surface area contributed by atoms with Crippen molar-refractivity contribution >= 4 is 24.0 Å². The van der Waals surface area contributed by atoms with Gasteiger partial charge in [-0.2, -0.15) is 5.10 Å². The van der Waals surface area contributed by atoms with Crippen LogP contribution in [0.2, 0.25) is 0 Å². The van der Waals surface area contributed by atoms with Crippen LogP contribution in [0, 0.1) is 19.8 Å². The molecule has 1 aliphatic rings. The molecule has 0 spiro atoms. The van der Waals surface area contributed by atoms with Crippen molar-refractivity contribution in [3.8, 4) is 5.82 Å². The van der Waals surface area contributed by atoms with Gasteiger partial charge in [-0.1, -0.05) is 0 Å². The summed E-state index contributed by atoms with van der Waals surface area (Å²) < 4.78 is 1.80. The molecule has 124 valence electrons. The number of nitrogens with one attached hydrogen (secondary N) is 2. The number of piperidine rings is 1. The molecule has 0 radical (unpaired) electrons. The van der Waals surface area contributed by atoms with E-state index in [2.05, 4.69) is 20.7 Å². The molecule has 0 aliphatic carbocycles. The fourth-order valence-electron chi connectivity index (χ4n) is 2.77. The Labute approximate surface area is 142 Å². The van der Waals surface area contributed by atoms with Crippen LogP contribution < -0.4 is 10.6 Å². The number of rotatable bonds is 3. The predicted octanol–water partition coefficient (Wildman–Crippen LogP) is 2.24. The zero-order chi connectivity index (χ0) is 15.5. The second kappa shape index (κ2) is 7.57. The summed E-state index contributed by atoms with van der Waals surface area (Å²) in [6.07, 6.45) is 3.47. The Kier molecular flexibility index (Phi) is 5.74. The molecule has 1 fully saturated rings. The normalized spacial score (nSPS) is 15.0. The first-order valence-corrected chi connectivity index (χ1v) is 7.65. The quantitative estimate of drug-likeness (QED) is 0.902. The lowest BCUT2D eigenvalue weighted by Gasteiger charge is -2.21. The number of pyridine rings is 1. The lowest BCUT2D eigenvalue weighted by Crippen LogP contribution is -2.34. The molecular formula is C16H22ClN5O. The number of halogens is 1. The highest BCUT2D eigenvalue weighted by atomic mass is 35.5. The van der Waals surface area contributed by atoms with Crippen molar-refractivity contribution in [2.45, 2.75) is 26.7 Å². The molecule has 0 bridgehead atoms. The van der Waals surface area contributed by atoms with Crippen LogP contribution in [-0.2, 0) is 4.79 Å². The Morgan fingerprint density at radius 3 is 2.61 bits per heavy atom. The molecule has 2 N–H and O–H groups in total. The summed E-state index contributed by atoms with van der Waals surface area (Å²) in [6.45, 7) is 5.77. The summed E-state index contributed by atoms with van der Waals surface area (Å²) in [5.41, 5.74) is 2.73. The largest absolute Gasteiger partial charge is 0.324 e. The number of carbonyl (C=O) groups is 1. The summed E-state index contributed by atoms with van der Waals surface area (Å²) in [5, 5.41) is 10.6. The Morgan fingerprint density at radius 2 is 2.04 bits per heavy atom. The number of aromatic nitrogens is 3. The summed E-state index contributed by atoms with van der Waals surface area (Å²) >= 11 is 0. The van der Waals surface area contributed by atoms with Crippen molar-refractivity contribution in [3.05, 3.63) is 35.8 Å². The van der Waals surface area contributed by atoms with Crippen molar-refractivity contribution in [1.29, 1.82) is 0 Å². The van der Waals surface area contributed by atoms with Gasteiger partial charge < -0.3 is 10.6 Å². The highest BCUT2D eigenvalue weighted by molar-refractivity contribution is 5.92. The maximum absolute atomic E-state index is 12.2. The Balaban J connectivity index is 0.00000192. The number of hydrogen-bond acceptors (Lipinski definition) is 4. The third kappa shape index (κ3) is 4.09. The number of nitrogens with zero attached hydrogens (tertiary/aromatic N) is 3. The minimum absolute atomic E-state index is 0. The Hall–Kier alpha value is -1.92. The number of amides is 1. The molecule has 1 saturated heterocycles. The van der Waals surface area contributed by atoms with Crippen LogP contribution in [0.3, 0.4) is 0 Å².